The van der Waals surface area contributed by atoms with E-state index in [-0.39, 0.29) is 11.6 Å². The fourth-order valence-corrected chi connectivity index (χ4v) is 1.61. The van der Waals surface area contributed by atoms with E-state index in [1.807, 2.05) is 0 Å². The molecule has 0 atom stereocenters. The van der Waals surface area contributed by atoms with Crippen molar-refractivity contribution < 1.29 is 0 Å². The molecule has 8 heteroatoms. The molecule has 0 aliphatic heterocycles. The minimum absolute atomic E-state index is 0.0409. The molecule has 0 fully saturated rings. The van der Waals surface area contributed by atoms with E-state index in [0.717, 1.165) is 5.56 Å². The summed E-state index contributed by atoms with van der Waals surface area (Å²) >= 11 is 5.66. The highest BCUT2D eigenvalue weighted by Gasteiger charge is 2.03. The number of H-pyrrole nitrogens is 1. The number of hydrogen-bond donors (Lipinski definition) is 3. The van der Waals surface area contributed by atoms with Gasteiger partial charge in [0.05, 0.1) is 6.54 Å². The standard InChI is InChI=1S/C10H10ClN5O2/c11-7-5-16(10(18)14-9(7)17)4-6-1-2-13-8(3-6)15-12/h1-3,5H,4,12H2,(H,13,15)(H,14,17,18). The van der Waals surface area contributed by atoms with E-state index < -0.39 is 11.2 Å². The largest absolute Gasteiger partial charge is 0.328 e. The number of pyridine rings is 1. The lowest BCUT2D eigenvalue weighted by Gasteiger charge is -2.06. The first kappa shape index (κ1) is 12.3. The molecule has 2 heterocycles. The van der Waals surface area contributed by atoms with Crippen molar-refractivity contribution in [2.24, 2.45) is 5.84 Å². The van der Waals surface area contributed by atoms with E-state index in [4.69, 9.17) is 17.4 Å². The van der Waals surface area contributed by atoms with Crippen molar-refractivity contribution in [1.82, 2.24) is 14.5 Å². The molecular weight excluding hydrogens is 258 g/mol. The molecule has 7 nitrogen and oxygen atoms in total. The molecule has 0 bridgehead atoms. The SMILES string of the molecule is NNc1cc(Cn2cc(Cl)c(=O)[nH]c2=O)ccn1. The summed E-state index contributed by atoms with van der Waals surface area (Å²) in [6.07, 6.45) is 2.85. The zero-order valence-corrected chi connectivity index (χ0v) is 9.94. The number of nitrogen functional groups attached to an aromatic ring is 1. The van der Waals surface area contributed by atoms with Gasteiger partial charge in [-0.2, -0.15) is 0 Å². The van der Waals surface area contributed by atoms with Crippen LogP contribution < -0.4 is 22.5 Å². The highest BCUT2D eigenvalue weighted by atomic mass is 35.5. The Morgan fingerprint density at radius 3 is 3.00 bits per heavy atom. The maximum absolute atomic E-state index is 11.5. The average molecular weight is 268 g/mol. The van der Waals surface area contributed by atoms with Gasteiger partial charge in [0.2, 0.25) is 0 Å². The van der Waals surface area contributed by atoms with Crippen molar-refractivity contribution in [3.05, 3.63) is 56.0 Å². The second-order valence-corrected chi connectivity index (χ2v) is 3.97. The van der Waals surface area contributed by atoms with Gasteiger partial charge in [0.15, 0.2) is 0 Å². The van der Waals surface area contributed by atoms with Gasteiger partial charge in [-0.1, -0.05) is 11.6 Å². The maximum Gasteiger partial charge on any atom is 0.328 e. The lowest BCUT2D eigenvalue weighted by Crippen LogP contribution is -2.30. The normalized spacial score (nSPS) is 10.3. The second-order valence-electron chi connectivity index (χ2n) is 3.56. The summed E-state index contributed by atoms with van der Waals surface area (Å²) in [4.78, 5) is 28.7. The summed E-state index contributed by atoms with van der Waals surface area (Å²) in [7, 11) is 0. The van der Waals surface area contributed by atoms with Gasteiger partial charge in [-0.25, -0.2) is 15.6 Å². The number of aromatic nitrogens is 3. The highest BCUT2D eigenvalue weighted by molar-refractivity contribution is 6.30. The Bertz CT molecular complexity index is 678. The number of aromatic amines is 1. The highest BCUT2D eigenvalue weighted by Crippen LogP contribution is 2.07. The van der Waals surface area contributed by atoms with E-state index in [0.29, 0.717) is 5.82 Å². The van der Waals surface area contributed by atoms with Crippen LogP contribution in [0.15, 0.2) is 34.1 Å². The van der Waals surface area contributed by atoms with Gasteiger partial charge in [-0.05, 0) is 17.7 Å². The van der Waals surface area contributed by atoms with Crippen LogP contribution in [-0.4, -0.2) is 14.5 Å². The molecule has 0 spiro atoms. The van der Waals surface area contributed by atoms with Crippen LogP contribution in [-0.2, 0) is 6.54 Å². The van der Waals surface area contributed by atoms with E-state index in [1.54, 1.807) is 18.3 Å². The molecule has 0 aromatic carbocycles. The van der Waals surface area contributed by atoms with Crippen molar-refractivity contribution in [2.45, 2.75) is 6.54 Å². The first-order valence-corrected chi connectivity index (χ1v) is 5.39. The monoisotopic (exact) mass is 267 g/mol. The van der Waals surface area contributed by atoms with Crippen LogP contribution in [0.2, 0.25) is 5.02 Å². The number of halogens is 1. The predicted molar refractivity (Wildman–Crippen MR) is 67.5 cm³/mol. The molecule has 0 saturated heterocycles. The van der Waals surface area contributed by atoms with Crippen molar-refractivity contribution in [3.8, 4) is 0 Å². The first-order chi connectivity index (χ1) is 8.60. The number of nitrogens with zero attached hydrogens (tertiary/aromatic N) is 2. The van der Waals surface area contributed by atoms with Crippen LogP contribution in [0.1, 0.15) is 5.56 Å². The zero-order valence-electron chi connectivity index (χ0n) is 9.18. The van der Waals surface area contributed by atoms with Gasteiger partial charge in [-0.15, -0.1) is 0 Å². The Balaban J connectivity index is 2.36. The topological polar surface area (TPSA) is 106 Å². The molecule has 0 aliphatic rings. The fourth-order valence-electron chi connectivity index (χ4n) is 1.45. The summed E-state index contributed by atoms with van der Waals surface area (Å²) in [5, 5.41) is -0.0409. The third kappa shape index (κ3) is 2.58. The predicted octanol–water partition coefficient (Wildman–Crippen LogP) is -0.0811. The molecule has 18 heavy (non-hydrogen) atoms. The summed E-state index contributed by atoms with van der Waals surface area (Å²) in [5.74, 6) is 5.72. The quantitative estimate of drug-likeness (QED) is 0.533. The van der Waals surface area contributed by atoms with Crippen molar-refractivity contribution in [2.75, 3.05) is 5.43 Å². The van der Waals surface area contributed by atoms with Crippen LogP contribution in [0, 0.1) is 0 Å². The Morgan fingerprint density at radius 2 is 2.28 bits per heavy atom. The van der Waals surface area contributed by atoms with E-state index in [9.17, 15) is 9.59 Å². The molecule has 94 valence electrons. The fraction of sp³-hybridized carbons (Fsp3) is 0.100. The van der Waals surface area contributed by atoms with Gasteiger partial charge in [0.25, 0.3) is 5.56 Å². The Kier molecular flexibility index (Phi) is 3.45. The number of hydrazine groups is 1. The van der Waals surface area contributed by atoms with Crippen LogP contribution in [0.3, 0.4) is 0 Å². The molecule has 2 rings (SSSR count). The number of nitrogens with two attached hydrogens (primary N) is 1. The summed E-state index contributed by atoms with van der Waals surface area (Å²) in [6, 6.07) is 3.41. The van der Waals surface area contributed by atoms with Gasteiger partial charge < -0.3 is 5.43 Å². The molecular formula is C10H10ClN5O2. The van der Waals surface area contributed by atoms with Crippen LogP contribution in [0.25, 0.3) is 0 Å². The molecule has 0 amide bonds. The van der Waals surface area contributed by atoms with Crippen molar-refractivity contribution >= 4 is 17.4 Å². The molecule has 0 aliphatic carbocycles. The zero-order chi connectivity index (χ0) is 13.1. The smallest absolute Gasteiger partial charge is 0.308 e. The molecule has 4 N–H and O–H groups in total. The summed E-state index contributed by atoms with van der Waals surface area (Å²) in [6.45, 7) is 0.256. The number of rotatable bonds is 3. The van der Waals surface area contributed by atoms with Crippen LogP contribution in [0.4, 0.5) is 5.82 Å². The summed E-state index contributed by atoms with van der Waals surface area (Å²) in [5.41, 5.74) is 2.08. The third-order valence-electron chi connectivity index (χ3n) is 2.29. The Labute approximate surface area is 106 Å². The van der Waals surface area contributed by atoms with Gasteiger partial charge in [0, 0.05) is 12.4 Å². The maximum atomic E-state index is 11.5. The molecule has 0 saturated carbocycles. The molecule has 2 aromatic rings. The van der Waals surface area contributed by atoms with Crippen LogP contribution in [0.5, 0.6) is 0 Å². The van der Waals surface area contributed by atoms with Crippen LogP contribution >= 0.6 is 11.6 Å². The van der Waals surface area contributed by atoms with E-state index in [2.05, 4.69) is 15.4 Å². The minimum atomic E-state index is -0.600. The van der Waals surface area contributed by atoms with E-state index in [1.165, 1.54) is 10.8 Å². The van der Waals surface area contributed by atoms with Crippen molar-refractivity contribution in [3.63, 3.8) is 0 Å². The lowest BCUT2D eigenvalue weighted by atomic mass is 10.2. The van der Waals surface area contributed by atoms with Gasteiger partial charge in [0.1, 0.15) is 10.8 Å². The number of hydrogen-bond acceptors (Lipinski definition) is 5. The Morgan fingerprint density at radius 1 is 1.50 bits per heavy atom. The molecule has 0 unspecified atom stereocenters. The third-order valence-corrected chi connectivity index (χ3v) is 2.56. The second kappa shape index (κ2) is 5.03. The minimum Gasteiger partial charge on any atom is -0.308 e. The van der Waals surface area contributed by atoms with Gasteiger partial charge >= 0.3 is 5.69 Å². The number of nitrogens with one attached hydrogen (secondary N) is 2. The van der Waals surface area contributed by atoms with E-state index >= 15 is 0 Å². The lowest BCUT2D eigenvalue weighted by molar-refractivity contribution is 0.720. The summed E-state index contributed by atoms with van der Waals surface area (Å²) < 4.78 is 1.29. The first-order valence-electron chi connectivity index (χ1n) is 5.01. The molecule has 2 aromatic heterocycles. The van der Waals surface area contributed by atoms with Crippen molar-refractivity contribution in [1.29, 1.82) is 0 Å². The molecule has 0 radical (unpaired) electrons. The number of anilines is 1. The van der Waals surface area contributed by atoms with Gasteiger partial charge in [-0.3, -0.25) is 14.3 Å². The Hall–Kier alpha value is -2.12. The average Bonchev–Trinajstić information content (AvgIpc) is 2.36.